The van der Waals surface area contributed by atoms with E-state index in [1.807, 2.05) is 6.92 Å². The number of benzene rings is 1. The van der Waals surface area contributed by atoms with E-state index in [9.17, 15) is 14.9 Å². The van der Waals surface area contributed by atoms with Crippen molar-refractivity contribution in [2.24, 2.45) is 5.92 Å². The predicted molar refractivity (Wildman–Crippen MR) is 83.8 cm³/mol. The molecule has 0 radical (unpaired) electrons. The Balaban J connectivity index is 3.05. The maximum atomic E-state index is 12.6. The maximum Gasteiger partial charge on any atom is 0.288 e. The van der Waals surface area contributed by atoms with Crippen LogP contribution >= 0.6 is 11.6 Å². The van der Waals surface area contributed by atoms with Crippen molar-refractivity contribution in [2.45, 2.75) is 33.6 Å². The number of carbonyl (C=O) groups excluding carboxylic acids is 1. The van der Waals surface area contributed by atoms with Crippen LogP contribution in [0.25, 0.3) is 0 Å². The first-order chi connectivity index (χ1) is 9.96. The van der Waals surface area contributed by atoms with Crippen LogP contribution < -0.4 is 0 Å². The highest BCUT2D eigenvalue weighted by molar-refractivity contribution is 6.35. The minimum absolute atomic E-state index is 0.0875. The highest BCUT2D eigenvalue weighted by atomic mass is 35.5. The summed E-state index contributed by atoms with van der Waals surface area (Å²) in [6, 6.07) is 4.33. The first-order valence-corrected chi connectivity index (χ1v) is 7.56. The van der Waals surface area contributed by atoms with Gasteiger partial charge in [0.05, 0.1) is 10.5 Å². The second kappa shape index (κ2) is 7.98. The van der Waals surface area contributed by atoms with Crippen molar-refractivity contribution < 1.29 is 9.72 Å². The standard InChI is InChI=1S/C15H21ClN2O3/c1-4-11(5-2)10-17(6-3)15(19)12-8-7-9-13(14(12)16)18(20)21/h7-9,11H,4-6,10H2,1-3H3. The molecule has 0 aromatic heterocycles. The third-order valence-corrected chi connectivity index (χ3v) is 4.10. The molecular weight excluding hydrogens is 292 g/mol. The van der Waals surface area contributed by atoms with E-state index in [1.165, 1.54) is 18.2 Å². The average Bonchev–Trinajstić information content (AvgIpc) is 2.48. The monoisotopic (exact) mass is 312 g/mol. The van der Waals surface area contributed by atoms with Crippen molar-refractivity contribution >= 4 is 23.2 Å². The fourth-order valence-electron chi connectivity index (χ4n) is 2.21. The van der Waals surface area contributed by atoms with Crippen LogP contribution in [0.4, 0.5) is 5.69 Å². The van der Waals surface area contributed by atoms with E-state index >= 15 is 0 Å². The van der Waals surface area contributed by atoms with Gasteiger partial charge in [-0.15, -0.1) is 0 Å². The van der Waals surface area contributed by atoms with Crippen LogP contribution in [0, 0.1) is 16.0 Å². The summed E-state index contributed by atoms with van der Waals surface area (Å²) >= 11 is 6.01. The molecule has 1 amide bonds. The molecule has 1 aromatic rings. The van der Waals surface area contributed by atoms with Gasteiger partial charge in [-0.05, 0) is 18.9 Å². The average molecular weight is 313 g/mol. The maximum absolute atomic E-state index is 12.6. The number of halogens is 1. The first kappa shape index (κ1) is 17.4. The Bertz CT molecular complexity index is 516. The van der Waals surface area contributed by atoms with E-state index in [2.05, 4.69) is 13.8 Å². The number of rotatable bonds is 7. The lowest BCUT2D eigenvalue weighted by Crippen LogP contribution is -2.35. The molecule has 0 unspecified atom stereocenters. The van der Waals surface area contributed by atoms with Gasteiger partial charge in [0, 0.05) is 19.2 Å². The molecule has 0 fully saturated rings. The highest BCUT2D eigenvalue weighted by Gasteiger charge is 2.24. The van der Waals surface area contributed by atoms with Gasteiger partial charge in [-0.2, -0.15) is 0 Å². The lowest BCUT2D eigenvalue weighted by Gasteiger charge is -2.25. The number of amides is 1. The van der Waals surface area contributed by atoms with E-state index < -0.39 is 4.92 Å². The molecule has 0 saturated carbocycles. The molecule has 0 saturated heterocycles. The van der Waals surface area contributed by atoms with Crippen LogP contribution in [0.3, 0.4) is 0 Å². The number of nitro groups is 1. The molecule has 0 atom stereocenters. The van der Waals surface area contributed by atoms with E-state index in [0.717, 1.165) is 12.8 Å². The summed E-state index contributed by atoms with van der Waals surface area (Å²) < 4.78 is 0. The van der Waals surface area contributed by atoms with Crippen molar-refractivity contribution in [3.8, 4) is 0 Å². The fraction of sp³-hybridized carbons (Fsp3) is 0.533. The third-order valence-electron chi connectivity index (χ3n) is 3.71. The molecular formula is C15H21ClN2O3. The van der Waals surface area contributed by atoms with E-state index in [1.54, 1.807) is 4.90 Å². The summed E-state index contributed by atoms with van der Waals surface area (Å²) in [5, 5.41) is 10.8. The molecule has 116 valence electrons. The molecule has 0 aliphatic carbocycles. The van der Waals surface area contributed by atoms with Gasteiger partial charge < -0.3 is 4.90 Å². The molecule has 1 aromatic carbocycles. The van der Waals surface area contributed by atoms with E-state index in [0.29, 0.717) is 19.0 Å². The zero-order valence-corrected chi connectivity index (χ0v) is 13.4. The lowest BCUT2D eigenvalue weighted by atomic mass is 10.0. The Hall–Kier alpha value is -1.62. The van der Waals surface area contributed by atoms with Gasteiger partial charge in [0.15, 0.2) is 0 Å². The van der Waals surface area contributed by atoms with Crippen LogP contribution in [0.15, 0.2) is 18.2 Å². The van der Waals surface area contributed by atoms with Gasteiger partial charge in [-0.25, -0.2) is 0 Å². The molecule has 5 nitrogen and oxygen atoms in total. The number of hydrogen-bond donors (Lipinski definition) is 0. The van der Waals surface area contributed by atoms with Gasteiger partial charge in [0.1, 0.15) is 5.02 Å². The molecule has 1 rings (SSSR count). The summed E-state index contributed by atoms with van der Waals surface area (Å²) in [7, 11) is 0. The largest absolute Gasteiger partial charge is 0.339 e. The summed E-state index contributed by atoms with van der Waals surface area (Å²) in [4.78, 5) is 24.6. The molecule has 0 heterocycles. The van der Waals surface area contributed by atoms with Crippen molar-refractivity contribution in [3.63, 3.8) is 0 Å². The molecule has 0 aliphatic heterocycles. The SMILES string of the molecule is CCC(CC)CN(CC)C(=O)c1cccc([N+](=O)[O-])c1Cl. The Morgan fingerprint density at radius 3 is 2.43 bits per heavy atom. The van der Waals surface area contributed by atoms with Crippen molar-refractivity contribution in [1.29, 1.82) is 0 Å². The van der Waals surface area contributed by atoms with Crippen LogP contribution in [0.1, 0.15) is 44.0 Å². The van der Waals surface area contributed by atoms with Crippen LogP contribution in [0.5, 0.6) is 0 Å². The number of carbonyl (C=O) groups is 1. The van der Waals surface area contributed by atoms with E-state index in [4.69, 9.17) is 11.6 Å². The molecule has 0 bridgehead atoms. The second-order valence-electron chi connectivity index (χ2n) is 4.92. The van der Waals surface area contributed by atoms with E-state index in [-0.39, 0.29) is 22.2 Å². The van der Waals surface area contributed by atoms with Crippen molar-refractivity contribution in [3.05, 3.63) is 38.9 Å². The van der Waals surface area contributed by atoms with Gasteiger partial charge in [0.2, 0.25) is 0 Å². The Kier molecular flexibility index (Phi) is 6.62. The molecule has 21 heavy (non-hydrogen) atoms. The predicted octanol–water partition coefficient (Wildman–Crippen LogP) is 4.15. The smallest absolute Gasteiger partial charge is 0.288 e. The molecule has 0 spiro atoms. The van der Waals surface area contributed by atoms with Crippen LogP contribution in [0.2, 0.25) is 5.02 Å². The van der Waals surface area contributed by atoms with Gasteiger partial charge >= 0.3 is 0 Å². The fourth-order valence-corrected chi connectivity index (χ4v) is 2.49. The summed E-state index contributed by atoms with van der Waals surface area (Å²) in [6.45, 7) is 7.26. The Labute approximate surface area is 130 Å². The minimum atomic E-state index is -0.573. The number of hydrogen-bond acceptors (Lipinski definition) is 3. The van der Waals surface area contributed by atoms with Crippen LogP contribution in [-0.4, -0.2) is 28.8 Å². The molecule has 0 aliphatic rings. The topological polar surface area (TPSA) is 63.5 Å². The molecule has 0 N–H and O–H groups in total. The third kappa shape index (κ3) is 4.17. The Morgan fingerprint density at radius 1 is 1.33 bits per heavy atom. The lowest BCUT2D eigenvalue weighted by molar-refractivity contribution is -0.384. The van der Waals surface area contributed by atoms with Crippen LogP contribution in [-0.2, 0) is 0 Å². The number of nitro benzene ring substituents is 1. The molecule has 6 heteroatoms. The van der Waals surface area contributed by atoms with Gasteiger partial charge in [0.25, 0.3) is 11.6 Å². The van der Waals surface area contributed by atoms with Gasteiger partial charge in [-0.1, -0.05) is 44.4 Å². The normalized spacial score (nSPS) is 10.7. The summed E-state index contributed by atoms with van der Waals surface area (Å²) in [5.41, 5.74) is -0.0419. The summed E-state index contributed by atoms with van der Waals surface area (Å²) in [6.07, 6.45) is 1.98. The highest BCUT2D eigenvalue weighted by Crippen LogP contribution is 2.29. The second-order valence-corrected chi connectivity index (χ2v) is 5.30. The quantitative estimate of drug-likeness (QED) is 0.561. The first-order valence-electron chi connectivity index (χ1n) is 7.18. The minimum Gasteiger partial charge on any atom is -0.339 e. The number of nitrogens with zero attached hydrogens (tertiary/aromatic N) is 2. The zero-order valence-electron chi connectivity index (χ0n) is 12.6. The zero-order chi connectivity index (χ0) is 16.0. The van der Waals surface area contributed by atoms with Crippen molar-refractivity contribution in [1.82, 2.24) is 4.90 Å². The van der Waals surface area contributed by atoms with Crippen molar-refractivity contribution in [2.75, 3.05) is 13.1 Å². The summed E-state index contributed by atoms with van der Waals surface area (Å²) in [5.74, 6) is 0.171. The Morgan fingerprint density at radius 2 is 1.95 bits per heavy atom. The van der Waals surface area contributed by atoms with Gasteiger partial charge in [-0.3, -0.25) is 14.9 Å².